The summed E-state index contributed by atoms with van der Waals surface area (Å²) in [6.07, 6.45) is 1.23. The first-order chi connectivity index (χ1) is 14.7. The zero-order chi connectivity index (χ0) is 22.3. The smallest absolute Gasteiger partial charge is 0.324 e. The van der Waals surface area contributed by atoms with E-state index in [1.54, 1.807) is 18.2 Å². The fourth-order valence-corrected chi connectivity index (χ4v) is 5.20. The highest BCUT2D eigenvalue weighted by atomic mass is 32.2. The van der Waals surface area contributed by atoms with E-state index in [1.165, 1.54) is 38.6 Å². The Hall–Kier alpha value is -3.71. The van der Waals surface area contributed by atoms with Crippen LogP contribution in [0.4, 0.5) is 11.0 Å². The number of nitro groups is 1. The van der Waals surface area contributed by atoms with Crippen LogP contribution in [0.5, 0.6) is 0 Å². The molecule has 4 rings (SSSR count). The molecule has 0 radical (unpaired) electrons. The molecule has 0 aliphatic carbocycles. The molecule has 1 amide bonds. The van der Waals surface area contributed by atoms with Crippen molar-refractivity contribution < 1.29 is 27.3 Å². The predicted octanol–water partition coefficient (Wildman–Crippen LogP) is 2.90. The molecule has 0 saturated carbocycles. The Morgan fingerprint density at radius 2 is 2.03 bits per heavy atom. The topological polar surface area (TPSA) is 145 Å². The SMILES string of the molecule is COC1=C(C(=O)Nc2nc(-c3ccc([N+](=O)[O-])s3)co2)N(C)S(=O)(=O)c2ccccc21. The highest BCUT2D eigenvalue weighted by molar-refractivity contribution is 7.89. The number of thiophene rings is 1. The van der Waals surface area contributed by atoms with E-state index in [4.69, 9.17) is 9.15 Å². The van der Waals surface area contributed by atoms with Crippen LogP contribution in [-0.4, -0.2) is 42.7 Å². The minimum absolute atomic E-state index is 0.0172. The molecule has 3 heterocycles. The maximum Gasteiger partial charge on any atom is 0.324 e. The molecule has 1 aromatic carbocycles. The number of anilines is 1. The van der Waals surface area contributed by atoms with E-state index in [2.05, 4.69) is 10.3 Å². The third-order valence-electron chi connectivity index (χ3n) is 4.47. The summed E-state index contributed by atoms with van der Waals surface area (Å²) >= 11 is 0.900. The first-order valence-electron chi connectivity index (χ1n) is 8.62. The van der Waals surface area contributed by atoms with Gasteiger partial charge in [0.2, 0.25) is 0 Å². The first kappa shape index (κ1) is 20.6. The van der Waals surface area contributed by atoms with E-state index >= 15 is 0 Å². The molecule has 11 nitrogen and oxygen atoms in total. The zero-order valence-electron chi connectivity index (χ0n) is 16.1. The third kappa shape index (κ3) is 3.43. The van der Waals surface area contributed by atoms with E-state index in [0.29, 0.717) is 4.88 Å². The minimum Gasteiger partial charge on any atom is -0.494 e. The molecular weight excluding hydrogens is 448 g/mol. The normalized spacial score (nSPS) is 14.8. The van der Waals surface area contributed by atoms with Gasteiger partial charge in [0, 0.05) is 18.7 Å². The van der Waals surface area contributed by atoms with Gasteiger partial charge in [-0.3, -0.25) is 24.5 Å². The second-order valence-corrected chi connectivity index (χ2v) is 9.24. The molecule has 31 heavy (non-hydrogen) atoms. The van der Waals surface area contributed by atoms with Crippen LogP contribution in [0.1, 0.15) is 5.56 Å². The maximum absolute atomic E-state index is 12.9. The van der Waals surface area contributed by atoms with Gasteiger partial charge in [0.05, 0.1) is 21.8 Å². The Labute approximate surface area is 179 Å². The summed E-state index contributed by atoms with van der Waals surface area (Å²) in [4.78, 5) is 27.9. The van der Waals surface area contributed by atoms with Crippen molar-refractivity contribution in [2.45, 2.75) is 4.90 Å². The molecule has 0 unspecified atom stereocenters. The number of nitrogens with zero attached hydrogens (tertiary/aromatic N) is 3. The molecular formula is C18H14N4O7S2. The highest BCUT2D eigenvalue weighted by Gasteiger charge is 2.38. The molecule has 1 aliphatic rings. The minimum atomic E-state index is -3.97. The standard InChI is InChI=1S/C18H14N4O7S2/c1-21-15(16(28-2)10-5-3-4-6-13(10)31(21,26)27)17(23)20-18-19-11(9-29-18)12-7-8-14(30-12)22(24)25/h3-9H,1-2H3,(H,19,20,23). The van der Waals surface area contributed by atoms with E-state index in [9.17, 15) is 23.3 Å². The fourth-order valence-electron chi connectivity index (χ4n) is 3.03. The molecule has 3 aromatic rings. The van der Waals surface area contributed by atoms with Crippen LogP contribution in [0.3, 0.4) is 0 Å². The maximum atomic E-state index is 12.9. The summed E-state index contributed by atoms with van der Waals surface area (Å²) in [6, 6.07) is 8.82. The number of carbonyl (C=O) groups is 1. The number of benzene rings is 1. The van der Waals surface area contributed by atoms with E-state index in [0.717, 1.165) is 15.6 Å². The summed E-state index contributed by atoms with van der Waals surface area (Å²) in [5.74, 6) is -0.742. The monoisotopic (exact) mass is 462 g/mol. The van der Waals surface area contributed by atoms with Gasteiger partial charge in [0.25, 0.3) is 15.9 Å². The summed E-state index contributed by atoms with van der Waals surface area (Å²) in [6.45, 7) is 0. The van der Waals surface area contributed by atoms with Crippen molar-refractivity contribution in [1.82, 2.24) is 9.29 Å². The Kier molecular flexibility index (Phi) is 4.99. The summed E-state index contributed by atoms with van der Waals surface area (Å²) in [5.41, 5.74) is 0.296. The van der Waals surface area contributed by atoms with Crippen molar-refractivity contribution in [3.8, 4) is 10.6 Å². The van der Waals surface area contributed by atoms with Gasteiger partial charge >= 0.3 is 11.0 Å². The van der Waals surface area contributed by atoms with Gasteiger partial charge in [-0.25, -0.2) is 8.42 Å². The molecule has 13 heteroatoms. The molecule has 0 atom stereocenters. The Morgan fingerprint density at radius 1 is 1.29 bits per heavy atom. The number of hydrogen-bond acceptors (Lipinski definition) is 9. The Morgan fingerprint density at radius 3 is 2.71 bits per heavy atom. The van der Waals surface area contributed by atoms with E-state index < -0.39 is 20.9 Å². The molecule has 2 aromatic heterocycles. The highest BCUT2D eigenvalue weighted by Crippen LogP contribution is 2.37. The van der Waals surface area contributed by atoms with Crippen LogP contribution in [0.2, 0.25) is 0 Å². The quantitative estimate of drug-likeness (QED) is 0.450. The van der Waals surface area contributed by atoms with Gasteiger partial charge in [-0.15, -0.1) is 0 Å². The van der Waals surface area contributed by atoms with Crippen molar-refractivity contribution >= 4 is 44.0 Å². The number of amides is 1. The lowest BCUT2D eigenvalue weighted by molar-refractivity contribution is -0.380. The first-order valence-corrected chi connectivity index (χ1v) is 10.9. The van der Waals surface area contributed by atoms with Gasteiger partial charge in [-0.2, -0.15) is 4.98 Å². The second-order valence-electron chi connectivity index (χ2n) is 6.24. The number of rotatable bonds is 5. The van der Waals surface area contributed by atoms with Crippen LogP contribution in [0.25, 0.3) is 16.3 Å². The van der Waals surface area contributed by atoms with Gasteiger partial charge in [-0.05, 0) is 18.2 Å². The fraction of sp³-hybridized carbons (Fsp3) is 0.111. The van der Waals surface area contributed by atoms with Gasteiger partial charge in [0.15, 0.2) is 11.5 Å². The van der Waals surface area contributed by atoms with Crippen LogP contribution in [-0.2, 0) is 19.6 Å². The van der Waals surface area contributed by atoms with Crippen LogP contribution < -0.4 is 5.32 Å². The summed E-state index contributed by atoms with van der Waals surface area (Å²) in [7, 11) is -1.40. The molecule has 0 bridgehead atoms. The number of fused-ring (bicyclic) bond motifs is 1. The Bertz CT molecular complexity index is 1340. The van der Waals surface area contributed by atoms with Crippen molar-refractivity contribution in [2.24, 2.45) is 0 Å². The number of carbonyl (C=O) groups excluding carboxylic acids is 1. The van der Waals surface area contributed by atoms with Gasteiger partial charge in [0.1, 0.15) is 12.0 Å². The molecule has 1 aliphatic heterocycles. The summed E-state index contributed by atoms with van der Waals surface area (Å²) in [5, 5.41) is 13.2. The van der Waals surface area contributed by atoms with Crippen LogP contribution in [0, 0.1) is 10.1 Å². The van der Waals surface area contributed by atoms with E-state index in [1.807, 2.05) is 0 Å². The molecule has 160 valence electrons. The van der Waals surface area contributed by atoms with Gasteiger partial charge < -0.3 is 9.15 Å². The number of nitrogens with one attached hydrogen (secondary N) is 1. The molecule has 0 fully saturated rings. The van der Waals surface area contributed by atoms with Crippen molar-refractivity contribution in [3.05, 3.63) is 64.0 Å². The van der Waals surface area contributed by atoms with Gasteiger partial charge in [-0.1, -0.05) is 23.5 Å². The van der Waals surface area contributed by atoms with Crippen LogP contribution >= 0.6 is 11.3 Å². The number of oxazole rings is 1. The average Bonchev–Trinajstić information content (AvgIpc) is 3.40. The van der Waals surface area contributed by atoms with Crippen LogP contribution in [0.15, 0.2) is 57.7 Å². The predicted molar refractivity (Wildman–Crippen MR) is 110 cm³/mol. The molecule has 1 N–H and O–H groups in total. The summed E-state index contributed by atoms with van der Waals surface area (Å²) < 4.78 is 37.1. The average molecular weight is 462 g/mol. The number of methoxy groups -OCH3 is 1. The van der Waals surface area contributed by atoms with E-state index in [-0.39, 0.29) is 38.6 Å². The van der Waals surface area contributed by atoms with Crippen molar-refractivity contribution in [2.75, 3.05) is 19.5 Å². The lowest BCUT2D eigenvalue weighted by atomic mass is 10.1. The zero-order valence-corrected chi connectivity index (χ0v) is 17.7. The number of likely N-dealkylation sites (N-methyl/N-ethyl adjacent to an activating group) is 1. The third-order valence-corrected chi connectivity index (χ3v) is 7.34. The number of sulfonamides is 1. The lowest BCUT2D eigenvalue weighted by Gasteiger charge is -2.29. The van der Waals surface area contributed by atoms with Crippen molar-refractivity contribution in [3.63, 3.8) is 0 Å². The van der Waals surface area contributed by atoms with Crippen molar-refractivity contribution in [1.29, 1.82) is 0 Å². The number of hydrogen-bond donors (Lipinski definition) is 1. The second kappa shape index (κ2) is 7.52. The Balaban J connectivity index is 1.67. The number of aromatic nitrogens is 1. The molecule has 0 saturated heterocycles. The lowest BCUT2D eigenvalue weighted by Crippen LogP contribution is -2.37. The largest absolute Gasteiger partial charge is 0.494 e. The number of ether oxygens (including phenoxy) is 1. The molecule has 0 spiro atoms.